The average Bonchev–Trinajstić information content (AvgIpc) is 2.47. The Bertz CT molecular complexity index is 677. The topological polar surface area (TPSA) is 108 Å². The predicted octanol–water partition coefficient (Wildman–Crippen LogP) is 1.63. The summed E-state index contributed by atoms with van der Waals surface area (Å²) in [6, 6.07) is 7.64. The average molecular weight is 387 g/mol. The van der Waals surface area contributed by atoms with E-state index in [0.717, 1.165) is 0 Å². The fraction of sp³-hybridized carbons (Fsp3) is 0.462. The third-order valence-electron chi connectivity index (χ3n) is 2.96. The zero-order valence-corrected chi connectivity index (χ0v) is 14.0. The van der Waals surface area contributed by atoms with Crippen LogP contribution in [0.2, 0.25) is 0 Å². The fourth-order valence-corrected chi connectivity index (χ4v) is 6.40. The van der Waals surface area contributed by atoms with Crippen molar-refractivity contribution in [2.24, 2.45) is 0 Å². The summed E-state index contributed by atoms with van der Waals surface area (Å²) in [5.74, 6) is -0.902. The summed E-state index contributed by atoms with van der Waals surface area (Å²) in [5.41, 5.74) is -4.84. The highest BCUT2D eigenvalue weighted by molar-refractivity contribution is 8.32. The summed E-state index contributed by atoms with van der Waals surface area (Å²) in [4.78, 5) is 0. The van der Waals surface area contributed by atoms with Gasteiger partial charge in [0.1, 0.15) is 0 Å². The molecule has 0 aliphatic rings. The fourth-order valence-electron chi connectivity index (χ4n) is 1.88. The van der Waals surface area contributed by atoms with Crippen LogP contribution < -0.4 is 0 Å². The lowest BCUT2D eigenvalue weighted by Gasteiger charge is -2.37. The molecular weight excluding hydrogens is 371 g/mol. The molecule has 0 bridgehead atoms. The van der Waals surface area contributed by atoms with Crippen molar-refractivity contribution < 1.29 is 35.4 Å². The van der Waals surface area contributed by atoms with Gasteiger partial charge >= 0.3 is 15.6 Å². The minimum Gasteiger partial charge on any atom is -0.395 e. The van der Waals surface area contributed by atoms with Gasteiger partial charge < -0.3 is 10.2 Å². The van der Waals surface area contributed by atoms with E-state index in [9.17, 15) is 21.6 Å². The highest BCUT2D eigenvalue weighted by atomic mass is 32.3. The zero-order valence-electron chi connectivity index (χ0n) is 12.4. The monoisotopic (exact) mass is 387 g/mol. The van der Waals surface area contributed by atoms with E-state index in [-0.39, 0.29) is 17.3 Å². The number of hydrogen-bond acceptors (Lipinski definition) is 6. The molecule has 1 rings (SSSR count). The second kappa shape index (κ2) is 8.17. The summed E-state index contributed by atoms with van der Waals surface area (Å²) in [7, 11) is -8.87. The quantitative estimate of drug-likeness (QED) is 0.657. The molecule has 1 aromatic carbocycles. The number of nitrogens with zero attached hydrogens (tertiary/aromatic N) is 1. The van der Waals surface area contributed by atoms with Gasteiger partial charge in [0.05, 0.1) is 24.8 Å². The van der Waals surface area contributed by atoms with Gasteiger partial charge in [-0.25, -0.2) is 3.63 Å². The molecule has 6 nitrogen and oxygen atoms in total. The highest BCUT2D eigenvalue weighted by Crippen LogP contribution is 2.54. The normalized spacial score (nSPS) is 13.5. The molecular formula is C13H16F3NO5S2. The Morgan fingerprint density at radius 1 is 1.08 bits per heavy atom. The van der Waals surface area contributed by atoms with Crippen LogP contribution in [-0.2, 0) is 19.5 Å². The van der Waals surface area contributed by atoms with Crippen LogP contribution in [0.15, 0.2) is 24.3 Å². The number of aliphatic hydroxyl groups is 2. The number of halogens is 3. The summed E-state index contributed by atoms with van der Waals surface area (Å²) < 4.78 is 65.1. The Labute approximate surface area is 139 Å². The van der Waals surface area contributed by atoms with E-state index in [1.807, 2.05) is 6.07 Å². The van der Waals surface area contributed by atoms with Crippen LogP contribution in [0.1, 0.15) is 11.1 Å². The maximum absolute atomic E-state index is 12.6. The second-order valence-electron chi connectivity index (χ2n) is 4.74. The molecule has 0 unspecified atom stereocenters. The molecule has 0 fully saturated rings. The molecule has 0 atom stereocenters. The smallest absolute Gasteiger partial charge is 0.395 e. The number of benzene rings is 1. The summed E-state index contributed by atoms with van der Waals surface area (Å²) >= 11 is 0. The van der Waals surface area contributed by atoms with Gasteiger partial charge in [-0.3, -0.25) is 0 Å². The first kappa shape index (κ1) is 20.7. The lowest BCUT2D eigenvalue weighted by atomic mass is 10.2. The van der Waals surface area contributed by atoms with Crippen LogP contribution in [0.25, 0.3) is 0 Å². The second-order valence-corrected chi connectivity index (χ2v) is 9.69. The highest BCUT2D eigenvalue weighted by Gasteiger charge is 2.50. The molecule has 0 aliphatic heterocycles. The Hall–Kier alpha value is -1.32. The SMILES string of the molecule is N#Cc1ccc(CS(CCO)(CCO)OS(=O)(=O)C(F)(F)F)cc1. The first-order valence-electron chi connectivity index (χ1n) is 6.58. The maximum Gasteiger partial charge on any atom is 0.523 e. The van der Waals surface area contributed by atoms with Crippen LogP contribution in [0.5, 0.6) is 0 Å². The van der Waals surface area contributed by atoms with Crippen molar-refractivity contribution in [1.82, 2.24) is 0 Å². The minimum atomic E-state index is -5.87. The summed E-state index contributed by atoms with van der Waals surface area (Å²) in [6.07, 6.45) is 0. The third kappa shape index (κ3) is 5.35. The Kier molecular flexibility index (Phi) is 7.06. The molecule has 2 N–H and O–H groups in total. The third-order valence-corrected chi connectivity index (χ3v) is 8.11. The predicted molar refractivity (Wildman–Crippen MR) is 82.4 cm³/mol. The van der Waals surface area contributed by atoms with Crippen LogP contribution in [0.3, 0.4) is 0 Å². The van der Waals surface area contributed by atoms with Gasteiger partial charge in [0.15, 0.2) is 0 Å². The molecule has 0 saturated carbocycles. The summed E-state index contributed by atoms with van der Waals surface area (Å²) in [6.45, 7) is -1.20. The standard InChI is InChI=1S/C13H16F3NO5S2/c14-13(15,16)24(20,21)22-23(7-5-18,8-6-19)10-12-3-1-11(9-17)2-4-12/h1-4,18-19H,5-8,10H2. The number of aliphatic hydroxyl groups excluding tert-OH is 2. The first-order chi connectivity index (χ1) is 11.1. The van der Waals surface area contributed by atoms with Gasteiger partial charge in [-0.2, -0.15) is 26.9 Å². The number of hydrogen-bond donors (Lipinski definition) is 2. The van der Waals surface area contributed by atoms with Crippen LogP contribution in [-0.4, -0.2) is 48.9 Å². The van der Waals surface area contributed by atoms with Crippen molar-refractivity contribution in [3.63, 3.8) is 0 Å². The van der Waals surface area contributed by atoms with Crippen molar-refractivity contribution in [3.8, 4) is 6.07 Å². The van der Waals surface area contributed by atoms with Gasteiger partial charge in [0.25, 0.3) is 0 Å². The lowest BCUT2D eigenvalue weighted by Crippen LogP contribution is -2.30. The molecule has 0 amide bonds. The maximum atomic E-state index is 12.6. The van der Waals surface area contributed by atoms with E-state index in [1.165, 1.54) is 24.3 Å². The van der Waals surface area contributed by atoms with Gasteiger partial charge in [-0.1, -0.05) is 12.1 Å². The molecule has 136 valence electrons. The van der Waals surface area contributed by atoms with Crippen molar-refractivity contribution in [3.05, 3.63) is 35.4 Å². The van der Waals surface area contributed by atoms with Gasteiger partial charge in [0, 0.05) is 17.3 Å². The van der Waals surface area contributed by atoms with Crippen LogP contribution >= 0.6 is 10.3 Å². The van der Waals surface area contributed by atoms with Crippen LogP contribution in [0.4, 0.5) is 13.2 Å². The Morgan fingerprint density at radius 3 is 1.96 bits per heavy atom. The molecule has 0 aromatic heterocycles. The van der Waals surface area contributed by atoms with E-state index in [4.69, 9.17) is 15.5 Å². The van der Waals surface area contributed by atoms with E-state index >= 15 is 0 Å². The van der Waals surface area contributed by atoms with Crippen molar-refractivity contribution >= 4 is 20.4 Å². The molecule has 0 saturated heterocycles. The number of rotatable bonds is 8. The minimum absolute atomic E-state index is 0.213. The Morgan fingerprint density at radius 2 is 1.58 bits per heavy atom. The molecule has 11 heteroatoms. The zero-order chi connectivity index (χ0) is 18.4. The first-order valence-corrected chi connectivity index (χ1v) is 10.1. The molecule has 24 heavy (non-hydrogen) atoms. The van der Waals surface area contributed by atoms with E-state index in [0.29, 0.717) is 11.1 Å². The van der Waals surface area contributed by atoms with Gasteiger partial charge in [-0.15, -0.1) is 10.3 Å². The molecule has 0 spiro atoms. The van der Waals surface area contributed by atoms with E-state index in [2.05, 4.69) is 3.63 Å². The number of nitriles is 1. The van der Waals surface area contributed by atoms with E-state index in [1.54, 1.807) is 0 Å². The molecule has 1 aromatic rings. The largest absolute Gasteiger partial charge is 0.523 e. The van der Waals surface area contributed by atoms with Crippen molar-refractivity contribution in [2.75, 3.05) is 24.7 Å². The van der Waals surface area contributed by atoms with Gasteiger partial charge in [0.2, 0.25) is 0 Å². The molecule has 0 aliphatic carbocycles. The van der Waals surface area contributed by atoms with Gasteiger partial charge in [-0.05, 0) is 17.7 Å². The van der Waals surface area contributed by atoms with E-state index < -0.39 is 39.1 Å². The number of alkyl halides is 3. The Balaban J connectivity index is 3.20. The van der Waals surface area contributed by atoms with Crippen molar-refractivity contribution in [2.45, 2.75) is 11.3 Å². The molecule has 0 radical (unpaired) electrons. The van der Waals surface area contributed by atoms with Crippen LogP contribution in [0, 0.1) is 11.3 Å². The molecule has 0 heterocycles. The lowest BCUT2D eigenvalue weighted by molar-refractivity contribution is -0.0496. The summed E-state index contributed by atoms with van der Waals surface area (Å²) in [5, 5.41) is 27.0. The van der Waals surface area contributed by atoms with Crippen molar-refractivity contribution in [1.29, 1.82) is 5.26 Å².